The van der Waals surface area contributed by atoms with E-state index < -0.39 is 5.91 Å². The Morgan fingerprint density at radius 2 is 1.63 bits per heavy atom. The average Bonchev–Trinajstić information content (AvgIpc) is 3.51. The second-order valence-electron chi connectivity index (χ2n) is 8.71. The van der Waals surface area contributed by atoms with Gasteiger partial charge in [0.2, 0.25) is 11.7 Å². The summed E-state index contributed by atoms with van der Waals surface area (Å²) >= 11 is 0. The lowest BCUT2D eigenvalue weighted by molar-refractivity contribution is -0.130. The molecule has 2 amide bonds. The maximum Gasteiger partial charge on any atom is 0.316 e. The number of carbonyl (C=O) groups is 2. The minimum Gasteiger partial charge on any atom is -0.481 e. The molecule has 0 unspecified atom stereocenters. The van der Waals surface area contributed by atoms with E-state index in [9.17, 15) is 14.4 Å². The zero-order valence-electron chi connectivity index (χ0n) is 20.7. The van der Waals surface area contributed by atoms with Crippen molar-refractivity contribution >= 4 is 17.5 Å². The fourth-order valence-corrected chi connectivity index (χ4v) is 4.23. The number of carbonyl (C=O) groups excluding carboxylic acids is 2. The predicted molar refractivity (Wildman–Crippen MR) is 140 cm³/mol. The maximum absolute atomic E-state index is 13.5. The molecule has 194 valence electrons. The fraction of sp³-hybridized carbons (Fsp3) is 0.214. The van der Waals surface area contributed by atoms with Crippen LogP contribution in [0.2, 0.25) is 0 Å². The topological polar surface area (TPSA) is 110 Å². The van der Waals surface area contributed by atoms with Crippen LogP contribution in [0.5, 0.6) is 5.75 Å². The van der Waals surface area contributed by atoms with Crippen molar-refractivity contribution in [3.05, 3.63) is 107 Å². The summed E-state index contributed by atoms with van der Waals surface area (Å²) in [6.07, 6.45) is 3.04. The van der Waals surface area contributed by atoms with E-state index in [-0.39, 0.29) is 36.1 Å². The van der Waals surface area contributed by atoms with Gasteiger partial charge in [0.25, 0.3) is 5.91 Å². The summed E-state index contributed by atoms with van der Waals surface area (Å²) in [4.78, 5) is 41.9. The third-order valence-corrected chi connectivity index (χ3v) is 6.26. The van der Waals surface area contributed by atoms with Crippen LogP contribution in [-0.4, -0.2) is 59.2 Å². The number of furan rings is 1. The highest BCUT2D eigenvalue weighted by atomic mass is 16.5. The number of hydrogen-bond donors (Lipinski definition) is 1. The first-order chi connectivity index (χ1) is 18.6. The van der Waals surface area contributed by atoms with Crippen LogP contribution in [0.15, 0.2) is 94.5 Å². The Morgan fingerprint density at radius 1 is 0.921 bits per heavy atom. The van der Waals surface area contributed by atoms with Crippen molar-refractivity contribution in [2.45, 2.75) is 6.61 Å². The monoisotopic (exact) mass is 513 g/mol. The van der Waals surface area contributed by atoms with E-state index in [1.54, 1.807) is 17.2 Å². The number of amides is 2. The lowest BCUT2D eigenvalue weighted by Gasteiger charge is -2.36. The Bertz CT molecular complexity index is 1430. The highest BCUT2D eigenvalue weighted by molar-refractivity contribution is 5.94. The maximum atomic E-state index is 13.5. The molecule has 0 saturated carbocycles. The van der Waals surface area contributed by atoms with Crippen LogP contribution in [0.3, 0.4) is 0 Å². The lowest BCUT2D eigenvalue weighted by Crippen LogP contribution is -2.51. The third kappa shape index (κ3) is 5.59. The van der Waals surface area contributed by atoms with Crippen LogP contribution >= 0.6 is 0 Å². The fourth-order valence-electron chi connectivity index (χ4n) is 4.23. The van der Waals surface area contributed by atoms with Gasteiger partial charge in [-0.2, -0.15) is 9.78 Å². The summed E-state index contributed by atoms with van der Waals surface area (Å²) < 4.78 is 12.5. The zero-order chi connectivity index (χ0) is 26.3. The van der Waals surface area contributed by atoms with Crippen molar-refractivity contribution in [2.75, 3.05) is 37.6 Å². The Morgan fingerprint density at radius 3 is 2.32 bits per heavy atom. The first kappa shape index (κ1) is 24.8. The number of anilines is 1. The van der Waals surface area contributed by atoms with Gasteiger partial charge in [-0.15, -0.1) is 0 Å². The molecule has 10 nitrogen and oxygen atoms in total. The SMILES string of the molecule is O=C(NCC(=O)N1CCN(c2cnn(-c3ccccc3)c(=O)c2OCc2ccccc2)CC1)c1ccco1. The molecule has 1 fully saturated rings. The van der Waals surface area contributed by atoms with E-state index in [0.717, 1.165) is 5.56 Å². The smallest absolute Gasteiger partial charge is 0.316 e. The van der Waals surface area contributed by atoms with Gasteiger partial charge >= 0.3 is 5.56 Å². The minimum atomic E-state index is -0.438. The number of rotatable bonds is 8. The van der Waals surface area contributed by atoms with Crippen molar-refractivity contribution in [1.29, 1.82) is 0 Å². The minimum absolute atomic E-state index is 0.125. The summed E-state index contributed by atoms with van der Waals surface area (Å²) in [7, 11) is 0. The zero-order valence-corrected chi connectivity index (χ0v) is 20.7. The molecule has 2 aromatic heterocycles. The van der Waals surface area contributed by atoms with Gasteiger partial charge in [-0.25, -0.2) is 0 Å². The second kappa shape index (κ2) is 11.5. The molecule has 1 aliphatic rings. The number of ether oxygens (including phenoxy) is 1. The van der Waals surface area contributed by atoms with Gasteiger partial charge in [-0.1, -0.05) is 48.5 Å². The molecule has 1 aliphatic heterocycles. The third-order valence-electron chi connectivity index (χ3n) is 6.26. The average molecular weight is 514 g/mol. The van der Waals surface area contributed by atoms with E-state index in [2.05, 4.69) is 10.4 Å². The van der Waals surface area contributed by atoms with Crippen molar-refractivity contribution in [3.63, 3.8) is 0 Å². The van der Waals surface area contributed by atoms with E-state index in [1.807, 2.05) is 65.6 Å². The Balaban J connectivity index is 1.29. The molecular formula is C28H27N5O5. The summed E-state index contributed by atoms with van der Waals surface area (Å²) in [6.45, 7) is 1.92. The Kier molecular flexibility index (Phi) is 7.49. The molecule has 2 aromatic carbocycles. The van der Waals surface area contributed by atoms with Gasteiger partial charge in [0, 0.05) is 26.2 Å². The molecule has 3 heterocycles. The summed E-state index contributed by atoms with van der Waals surface area (Å²) in [5.41, 5.74) is 1.80. The van der Waals surface area contributed by atoms with E-state index in [1.165, 1.54) is 17.0 Å². The molecule has 0 aliphatic carbocycles. The highest BCUT2D eigenvalue weighted by Crippen LogP contribution is 2.26. The van der Waals surface area contributed by atoms with Crippen LogP contribution in [0.1, 0.15) is 16.1 Å². The summed E-state index contributed by atoms with van der Waals surface area (Å²) in [6, 6.07) is 22.0. The van der Waals surface area contributed by atoms with Crippen LogP contribution in [-0.2, 0) is 11.4 Å². The molecule has 4 aromatic rings. The molecular weight excluding hydrogens is 486 g/mol. The van der Waals surface area contributed by atoms with Crippen molar-refractivity contribution in [3.8, 4) is 11.4 Å². The highest BCUT2D eigenvalue weighted by Gasteiger charge is 2.26. The normalized spacial score (nSPS) is 13.3. The van der Waals surface area contributed by atoms with Gasteiger partial charge in [-0.3, -0.25) is 14.4 Å². The Hall–Kier alpha value is -4.86. The molecule has 0 spiro atoms. The van der Waals surface area contributed by atoms with Crippen molar-refractivity contribution in [1.82, 2.24) is 20.0 Å². The number of nitrogens with zero attached hydrogens (tertiary/aromatic N) is 4. The van der Waals surface area contributed by atoms with Gasteiger partial charge in [0.15, 0.2) is 5.76 Å². The molecule has 1 N–H and O–H groups in total. The predicted octanol–water partition coefficient (Wildman–Crippen LogP) is 2.48. The number of nitrogens with one attached hydrogen (secondary N) is 1. The summed E-state index contributed by atoms with van der Waals surface area (Å²) in [5.74, 6) is -0.267. The van der Waals surface area contributed by atoms with Crippen molar-refractivity contribution in [2.24, 2.45) is 0 Å². The van der Waals surface area contributed by atoms with Crippen LogP contribution in [0.25, 0.3) is 5.69 Å². The number of piperazine rings is 1. The summed E-state index contributed by atoms with van der Waals surface area (Å²) in [5, 5.41) is 7.00. The number of hydrogen-bond acceptors (Lipinski definition) is 7. The van der Waals surface area contributed by atoms with Gasteiger partial charge in [0.05, 0.1) is 24.7 Å². The van der Waals surface area contributed by atoms with Crippen LogP contribution in [0.4, 0.5) is 5.69 Å². The Labute approximate surface area is 219 Å². The van der Waals surface area contributed by atoms with E-state index in [4.69, 9.17) is 9.15 Å². The van der Waals surface area contributed by atoms with Crippen molar-refractivity contribution < 1.29 is 18.7 Å². The van der Waals surface area contributed by atoms with E-state index >= 15 is 0 Å². The molecule has 0 bridgehead atoms. The number of benzene rings is 2. The van der Waals surface area contributed by atoms with Gasteiger partial charge < -0.3 is 24.3 Å². The van der Waals surface area contributed by atoms with Crippen LogP contribution < -0.4 is 20.5 Å². The molecule has 38 heavy (non-hydrogen) atoms. The molecule has 10 heteroatoms. The molecule has 0 radical (unpaired) electrons. The first-order valence-electron chi connectivity index (χ1n) is 12.3. The molecule has 0 atom stereocenters. The first-order valence-corrected chi connectivity index (χ1v) is 12.3. The van der Waals surface area contributed by atoms with Crippen LogP contribution in [0, 0.1) is 0 Å². The number of aromatic nitrogens is 2. The largest absolute Gasteiger partial charge is 0.481 e. The lowest BCUT2D eigenvalue weighted by atomic mass is 10.2. The molecule has 5 rings (SSSR count). The second-order valence-corrected chi connectivity index (χ2v) is 8.71. The number of para-hydroxylation sites is 1. The standard InChI is InChI=1S/C28H27N5O5/c34-25(19-29-27(35)24-12-7-17-37-24)32-15-13-31(14-16-32)23-18-30-33(22-10-5-2-6-11-22)28(36)26(23)38-20-21-8-3-1-4-9-21/h1-12,17-18H,13-16,19-20H2,(H,29,35). The van der Waals surface area contributed by atoms with E-state index in [0.29, 0.717) is 37.6 Å². The quantitative estimate of drug-likeness (QED) is 0.386. The van der Waals surface area contributed by atoms with Gasteiger partial charge in [0.1, 0.15) is 12.3 Å². The molecule has 1 saturated heterocycles. The van der Waals surface area contributed by atoms with Gasteiger partial charge in [-0.05, 0) is 29.8 Å².